The van der Waals surface area contributed by atoms with Gasteiger partial charge in [0, 0.05) is 5.56 Å². The van der Waals surface area contributed by atoms with Crippen LogP contribution in [-0.4, -0.2) is 33.2 Å². The van der Waals surface area contributed by atoms with E-state index in [-0.39, 0.29) is 6.04 Å². The van der Waals surface area contributed by atoms with Gasteiger partial charge in [0.25, 0.3) is 0 Å². The summed E-state index contributed by atoms with van der Waals surface area (Å²) in [6, 6.07) is 7.84. The monoisotopic (exact) mass is 283 g/mol. The first kappa shape index (κ1) is 12.0. The van der Waals surface area contributed by atoms with Gasteiger partial charge in [-0.2, -0.15) is 4.98 Å². The molecule has 1 aliphatic heterocycles. The van der Waals surface area contributed by atoms with Crippen LogP contribution in [0.2, 0.25) is 0 Å². The lowest BCUT2D eigenvalue weighted by Crippen LogP contribution is -2.15. The fourth-order valence-corrected chi connectivity index (χ4v) is 2.72. The summed E-state index contributed by atoms with van der Waals surface area (Å²) in [7, 11) is 1.55. The second-order valence-corrected chi connectivity index (χ2v) is 4.76. The Hall–Kier alpha value is -2.83. The van der Waals surface area contributed by atoms with Crippen LogP contribution in [0.1, 0.15) is 11.6 Å². The number of hydrogen-bond donors (Lipinski definition) is 1. The fourth-order valence-electron chi connectivity index (χ4n) is 2.72. The summed E-state index contributed by atoms with van der Waals surface area (Å²) < 4.78 is 12.8. The summed E-state index contributed by atoms with van der Waals surface area (Å²) in [4.78, 5) is 12.7. The minimum Gasteiger partial charge on any atom is -0.491 e. The molecule has 2 aromatic heterocycles. The van der Waals surface area contributed by atoms with E-state index in [0.29, 0.717) is 29.6 Å². The normalized spacial score (nSPS) is 16.7. The highest BCUT2D eigenvalue weighted by Crippen LogP contribution is 2.38. The quantitative estimate of drug-likeness (QED) is 0.764. The average molecular weight is 283 g/mol. The summed E-state index contributed by atoms with van der Waals surface area (Å²) in [6.07, 6.45) is 1.44. The Bertz CT molecular complexity index is 829. The molecule has 7 nitrogen and oxygen atoms in total. The summed E-state index contributed by atoms with van der Waals surface area (Å²) in [5.74, 6) is 1.65. The van der Waals surface area contributed by atoms with Crippen LogP contribution in [0.3, 0.4) is 0 Å². The number of aromatic nitrogens is 4. The number of imidazole rings is 1. The van der Waals surface area contributed by atoms with Crippen LogP contribution < -0.4 is 15.2 Å². The Labute approximate surface area is 120 Å². The third kappa shape index (κ3) is 1.63. The minimum atomic E-state index is -0.0502. The number of nitrogen functional groups attached to an aromatic ring is 1. The Balaban J connectivity index is 1.94. The molecule has 0 spiro atoms. The summed E-state index contributed by atoms with van der Waals surface area (Å²) in [5, 5.41) is 0. The van der Waals surface area contributed by atoms with Gasteiger partial charge in [-0.25, -0.2) is 9.97 Å². The predicted octanol–water partition coefficient (Wildman–Crippen LogP) is 1.40. The van der Waals surface area contributed by atoms with Crippen molar-refractivity contribution in [2.24, 2.45) is 0 Å². The van der Waals surface area contributed by atoms with Crippen molar-refractivity contribution in [3.8, 4) is 11.6 Å². The summed E-state index contributed by atoms with van der Waals surface area (Å²) >= 11 is 0. The number of nitrogens with two attached hydrogens (primary N) is 1. The number of rotatable bonds is 2. The van der Waals surface area contributed by atoms with Crippen LogP contribution in [0.25, 0.3) is 11.2 Å². The molecule has 1 aromatic carbocycles. The first-order chi connectivity index (χ1) is 10.3. The number of methoxy groups -OCH3 is 1. The van der Waals surface area contributed by atoms with Gasteiger partial charge >= 0.3 is 0 Å². The lowest BCUT2D eigenvalue weighted by atomic mass is 10.1. The smallest absolute Gasteiger partial charge is 0.245 e. The average Bonchev–Trinajstić information content (AvgIpc) is 3.06. The standard InChI is InChI=1S/C14H13N5O2/c1-20-13-11-12(16-7-17-13)19(14(15)18-11)9-6-21-10-5-3-2-4-8(9)10/h2-5,7,9H,6H2,1H3,(H2,15,18). The summed E-state index contributed by atoms with van der Waals surface area (Å²) in [5.41, 5.74) is 8.36. The molecule has 4 rings (SSSR count). The van der Waals surface area contributed by atoms with E-state index in [2.05, 4.69) is 15.0 Å². The number of para-hydroxylation sites is 1. The molecule has 1 aliphatic rings. The molecule has 106 valence electrons. The van der Waals surface area contributed by atoms with E-state index in [9.17, 15) is 0 Å². The van der Waals surface area contributed by atoms with E-state index in [1.807, 2.05) is 28.8 Å². The topological polar surface area (TPSA) is 88.1 Å². The first-order valence-electron chi connectivity index (χ1n) is 6.53. The second-order valence-electron chi connectivity index (χ2n) is 4.76. The SMILES string of the molecule is COc1ncnc2c1nc(N)n2C1COc2ccccc21. The Morgan fingerprint density at radius 1 is 1.33 bits per heavy atom. The van der Waals surface area contributed by atoms with Crippen LogP contribution in [0, 0.1) is 0 Å². The molecule has 0 saturated carbocycles. The number of ether oxygens (including phenoxy) is 2. The number of fused-ring (bicyclic) bond motifs is 2. The van der Waals surface area contributed by atoms with Crippen molar-refractivity contribution in [2.45, 2.75) is 6.04 Å². The highest BCUT2D eigenvalue weighted by atomic mass is 16.5. The zero-order valence-corrected chi connectivity index (χ0v) is 11.4. The molecule has 2 N–H and O–H groups in total. The molecule has 0 bridgehead atoms. The lowest BCUT2D eigenvalue weighted by molar-refractivity contribution is 0.319. The van der Waals surface area contributed by atoms with Crippen LogP contribution in [0.15, 0.2) is 30.6 Å². The van der Waals surface area contributed by atoms with Crippen molar-refractivity contribution >= 4 is 17.1 Å². The van der Waals surface area contributed by atoms with Crippen molar-refractivity contribution in [3.05, 3.63) is 36.2 Å². The van der Waals surface area contributed by atoms with Crippen LogP contribution in [-0.2, 0) is 0 Å². The van der Waals surface area contributed by atoms with Gasteiger partial charge in [-0.3, -0.25) is 4.57 Å². The minimum absolute atomic E-state index is 0.0502. The Morgan fingerprint density at radius 2 is 2.19 bits per heavy atom. The van der Waals surface area contributed by atoms with E-state index in [0.717, 1.165) is 11.3 Å². The predicted molar refractivity (Wildman–Crippen MR) is 76.4 cm³/mol. The zero-order valence-electron chi connectivity index (χ0n) is 11.4. The molecular weight excluding hydrogens is 270 g/mol. The second kappa shape index (κ2) is 4.34. The Morgan fingerprint density at radius 3 is 3.05 bits per heavy atom. The van der Waals surface area contributed by atoms with E-state index in [4.69, 9.17) is 15.2 Å². The number of benzene rings is 1. The molecule has 1 unspecified atom stereocenters. The summed E-state index contributed by atoms with van der Waals surface area (Å²) in [6.45, 7) is 0.501. The van der Waals surface area contributed by atoms with Gasteiger partial charge in [-0.1, -0.05) is 18.2 Å². The number of hydrogen-bond acceptors (Lipinski definition) is 6. The molecule has 0 amide bonds. The maximum atomic E-state index is 6.09. The van der Waals surface area contributed by atoms with Gasteiger partial charge in [0.1, 0.15) is 24.7 Å². The molecule has 0 aliphatic carbocycles. The molecule has 3 heterocycles. The highest BCUT2D eigenvalue weighted by Gasteiger charge is 2.29. The van der Waals surface area contributed by atoms with Gasteiger partial charge < -0.3 is 15.2 Å². The number of anilines is 1. The maximum absolute atomic E-state index is 6.09. The van der Waals surface area contributed by atoms with Gasteiger partial charge in [-0.15, -0.1) is 0 Å². The van der Waals surface area contributed by atoms with Crippen molar-refractivity contribution in [1.29, 1.82) is 0 Å². The third-order valence-electron chi connectivity index (χ3n) is 3.65. The van der Waals surface area contributed by atoms with E-state index in [1.165, 1.54) is 6.33 Å². The van der Waals surface area contributed by atoms with E-state index >= 15 is 0 Å². The van der Waals surface area contributed by atoms with Crippen molar-refractivity contribution < 1.29 is 9.47 Å². The van der Waals surface area contributed by atoms with Crippen LogP contribution in [0.5, 0.6) is 11.6 Å². The van der Waals surface area contributed by atoms with E-state index < -0.39 is 0 Å². The van der Waals surface area contributed by atoms with Gasteiger partial charge in [-0.05, 0) is 6.07 Å². The van der Waals surface area contributed by atoms with Crippen LogP contribution >= 0.6 is 0 Å². The van der Waals surface area contributed by atoms with Gasteiger partial charge in [0.2, 0.25) is 11.8 Å². The van der Waals surface area contributed by atoms with Crippen molar-refractivity contribution in [3.63, 3.8) is 0 Å². The Kier molecular flexibility index (Phi) is 2.47. The molecule has 3 aromatic rings. The van der Waals surface area contributed by atoms with Gasteiger partial charge in [0.05, 0.1) is 7.11 Å². The molecule has 7 heteroatoms. The molecule has 0 radical (unpaired) electrons. The van der Waals surface area contributed by atoms with Crippen molar-refractivity contribution in [1.82, 2.24) is 19.5 Å². The van der Waals surface area contributed by atoms with Crippen molar-refractivity contribution in [2.75, 3.05) is 19.5 Å². The third-order valence-corrected chi connectivity index (χ3v) is 3.65. The highest BCUT2D eigenvalue weighted by molar-refractivity contribution is 5.79. The van der Waals surface area contributed by atoms with Crippen LogP contribution in [0.4, 0.5) is 5.95 Å². The van der Waals surface area contributed by atoms with E-state index in [1.54, 1.807) is 7.11 Å². The molecule has 1 atom stereocenters. The molecular formula is C14H13N5O2. The molecule has 21 heavy (non-hydrogen) atoms. The fraction of sp³-hybridized carbons (Fsp3) is 0.214. The zero-order chi connectivity index (χ0) is 14.4. The number of nitrogens with zero attached hydrogens (tertiary/aromatic N) is 4. The largest absolute Gasteiger partial charge is 0.491 e. The molecule has 0 fully saturated rings. The van der Waals surface area contributed by atoms with Gasteiger partial charge in [0.15, 0.2) is 11.2 Å². The lowest BCUT2D eigenvalue weighted by Gasteiger charge is -2.13. The first-order valence-corrected chi connectivity index (χ1v) is 6.53. The molecule has 0 saturated heterocycles. The maximum Gasteiger partial charge on any atom is 0.245 e.